The van der Waals surface area contributed by atoms with Gasteiger partial charge in [0.2, 0.25) is 0 Å². The van der Waals surface area contributed by atoms with Crippen LogP contribution in [0.2, 0.25) is 0 Å². The minimum Gasteiger partial charge on any atom is -0.378 e. The molecule has 0 aliphatic carbocycles. The Labute approximate surface area is 91.8 Å². The van der Waals surface area contributed by atoms with Gasteiger partial charge in [-0.1, -0.05) is 18.2 Å². The zero-order valence-corrected chi connectivity index (χ0v) is 9.36. The Bertz CT molecular complexity index is 251. The molecule has 0 aliphatic heterocycles. The number of ether oxygens (including phenoxy) is 1. The molecule has 0 radical (unpaired) electrons. The highest BCUT2D eigenvalue weighted by atomic mass is 16.5. The average molecular weight is 208 g/mol. The molecule has 84 valence electrons. The molecule has 0 fully saturated rings. The maximum Gasteiger partial charge on any atom is 0.0642 e. The van der Waals surface area contributed by atoms with E-state index >= 15 is 0 Å². The standard InChI is InChI=1S/C12H20N2O/c1-2-14(9-11-15-10-8-13)12-6-4-3-5-7-12/h3-7H,2,8-11,13H2,1H3. The van der Waals surface area contributed by atoms with Gasteiger partial charge in [-0.2, -0.15) is 0 Å². The first-order valence-corrected chi connectivity index (χ1v) is 5.46. The molecule has 0 saturated carbocycles. The zero-order chi connectivity index (χ0) is 10.9. The summed E-state index contributed by atoms with van der Waals surface area (Å²) in [6.45, 7) is 6.04. The van der Waals surface area contributed by atoms with Crippen LogP contribution >= 0.6 is 0 Å². The van der Waals surface area contributed by atoms with Crippen LogP contribution in [0.15, 0.2) is 30.3 Å². The molecule has 1 rings (SSSR count). The molecule has 0 spiro atoms. The summed E-state index contributed by atoms with van der Waals surface area (Å²) in [6.07, 6.45) is 0. The Morgan fingerprint density at radius 2 is 1.93 bits per heavy atom. The summed E-state index contributed by atoms with van der Waals surface area (Å²) < 4.78 is 5.37. The summed E-state index contributed by atoms with van der Waals surface area (Å²) in [5.41, 5.74) is 6.60. The summed E-state index contributed by atoms with van der Waals surface area (Å²) in [5, 5.41) is 0. The quantitative estimate of drug-likeness (QED) is 0.690. The third-order valence-electron chi connectivity index (χ3n) is 2.27. The van der Waals surface area contributed by atoms with Crippen molar-refractivity contribution in [3.8, 4) is 0 Å². The minimum atomic E-state index is 0.595. The number of likely N-dealkylation sites (N-methyl/N-ethyl adjacent to an activating group) is 1. The van der Waals surface area contributed by atoms with Gasteiger partial charge in [0.25, 0.3) is 0 Å². The number of rotatable bonds is 7. The number of hydrogen-bond acceptors (Lipinski definition) is 3. The molecule has 0 atom stereocenters. The van der Waals surface area contributed by atoms with Crippen molar-refractivity contribution in [2.75, 3.05) is 37.7 Å². The third kappa shape index (κ3) is 4.32. The van der Waals surface area contributed by atoms with Crippen LogP contribution in [0.1, 0.15) is 6.92 Å². The fourth-order valence-corrected chi connectivity index (χ4v) is 1.47. The van der Waals surface area contributed by atoms with Crippen LogP contribution in [-0.2, 0) is 4.74 Å². The van der Waals surface area contributed by atoms with E-state index in [1.165, 1.54) is 5.69 Å². The lowest BCUT2D eigenvalue weighted by atomic mass is 10.3. The number of nitrogens with two attached hydrogens (primary N) is 1. The number of benzene rings is 1. The molecule has 1 aromatic carbocycles. The first-order chi connectivity index (χ1) is 7.38. The van der Waals surface area contributed by atoms with E-state index in [0.29, 0.717) is 13.2 Å². The first-order valence-electron chi connectivity index (χ1n) is 5.46. The maximum absolute atomic E-state index is 5.37. The molecule has 0 bridgehead atoms. The first kappa shape index (κ1) is 12.0. The Morgan fingerprint density at radius 3 is 2.53 bits per heavy atom. The molecule has 0 heterocycles. The lowest BCUT2D eigenvalue weighted by Gasteiger charge is -2.22. The molecular weight excluding hydrogens is 188 g/mol. The van der Waals surface area contributed by atoms with Gasteiger partial charge in [0.05, 0.1) is 13.2 Å². The van der Waals surface area contributed by atoms with Gasteiger partial charge in [0, 0.05) is 25.3 Å². The molecule has 0 aromatic heterocycles. The summed E-state index contributed by atoms with van der Waals surface area (Å²) in [5.74, 6) is 0. The molecule has 2 N–H and O–H groups in total. The predicted octanol–water partition coefficient (Wildman–Crippen LogP) is 1.49. The molecular formula is C12H20N2O. The van der Waals surface area contributed by atoms with Gasteiger partial charge in [-0.25, -0.2) is 0 Å². The summed E-state index contributed by atoms with van der Waals surface area (Å²) in [6, 6.07) is 10.4. The Kier molecular flexibility index (Phi) is 5.81. The van der Waals surface area contributed by atoms with Gasteiger partial charge in [0.15, 0.2) is 0 Å². The van der Waals surface area contributed by atoms with E-state index in [4.69, 9.17) is 10.5 Å². The second-order valence-electron chi connectivity index (χ2n) is 3.32. The fourth-order valence-electron chi connectivity index (χ4n) is 1.47. The number of anilines is 1. The lowest BCUT2D eigenvalue weighted by molar-refractivity contribution is 0.148. The molecule has 3 heteroatoms. The van der Waals surface area contributed by atoms with E-state index in [9.17, 15) is 0 Å². The molecule has 1 aromatic rings. The number of para-hydroxylation sites is 1. The van der Waals surface area contributed by atoms with Gasteiger partial charge in [-0.3, -0.25) is 0 Å². The molecule has 0 amide bonds. The Morgan fingerprint density at radius 1 is 1.20 bits per heavy atom. The van der Waals surface area contributed by atoms with Gasteiger partial charge < -0.3 is 15.4 Å². The van der Waals surface area contributed by atoms with Gasteiger partial charge >= 0.3 is 0 Å². The van der Waals surface area contributed by atoms with Gasteiger partial charge in [-0.05, 0) is 19.1 Å². The van der Waals surface area contributed by atoms with Crippen LogP contribution in [0.4, 0.5) is 5.69 Å². The van der Waals surface area contributed by atoms with E-state index in [2.05, 4.69) is 36.1 Å². The molecule has 0 saturated heterocycles. The van der Waals surface area contributed by atoms with Crippen LogP contribution in [0, 0.1) is 0 Å². The smallest absolute Gasteiger partial charge is 0.0642 e. The van der Waals surface area contributed by atoms with Crippen LogP contribution in [-0.4, -0.2) is 32.8 Å². The van der Waals surface area contributed by atoms with Crippen molar-refractivity contribution >= 4 is 5.69 Å². The summed E-state index contributed by atoms with van der Waals surface area (Å²) in [4.78, 5) is 2.29. The highest BCUT2D eigenvalue weighted by Gasteiger charge is 2.02. The van der Waals surface area contributed by atoms with Crippen LogP contribution in [0.5, 0.6) is 0 Å². The minimum absolute atomic E-state index is 0.595. The predicted molar refractivity (Wildman–Crippen MR) is 64.2 cm³/mol. The van der Waals surface area contributed by atoms with Crippen LogP contribution < -0.4 is 10.6 Å². The summed E-state index contributed by atoms with van der Waals surface area (Å²) >= 11 is 0. The van der Waals surface area contributed by atoms with Crippen LogP contribution in [0.3, 0.4) is 0 Å². The van der Waals surface area contributed by atoms with Crippen molar-refractivity contribution in [1.82, 2.24) is 0 Å². The third-order valence-corrected chi connectivity index (χ3v) is 2.27. The fraction of sp³-hybridized carbons (Fsp3) is 0.500. The lowest BCUT2D eigenvalue weighted by Crippen LogP contribution is -2.27. The molecule has 15 heavy (non-hydrogen) atoms. The van der Waals surface area contributed by atoms with E-state index in [1.807, 2.05) is 6.07 Å². The van der Waals surface area contributed by atoms with Crippen molar-refractivity contribution in [1.29, 1.82) is 0 Å². The maximum atomic E-state index is 5.37. The SMILES string of the molecule is CCN(CCOCCN)c1ccccc1. The van der Waals surface area contributed by atoms with E-state index in [-0.39, 0.29) is 0 Å². The largest absolute Gasteiger partial charge is 0.378 e. The van der Waals surface area contributed by atoms with Crippen molar-refractivity contribution in [2.24, 2.45) is 5.73 Å². The molecule has 3 nitrogen and oxygen atoms in total. The van der Waals surface area contributed by atoms with E-state index in [0.717, 1.165) is 19.7 Å². The topological polar surface area (TPSA) is 38.5 Å². The number of nitrogens with zero attached hydrogens (tertiary/aromatic N) is 1. The number of hydrogen-bond donors (Lipinski definition) is 1. The molecule has 0 unspecified atom stereocenters. The molecule has 0 aliphatic rings. The summed E-state index contributed by atoms with van der Waals surface area (Å²) in [7, 11) is 0. The van der Waals surface area contributed by atoms with Crippen molar-refractivity contribution in [3.05, 3.63) is 30.3 Å². The average Bonchev–Trinajstić information content (AvgIpc) is 2.30. The Balaban J connectivity index is 2.36. The normalized spacial score (nSPS) is 10.3. The monoisotopic (exact) mass is 208 g/mol. The van der Waals surface area contributed by atoms with E-state index in [1.54, 1.807) is 0 Å². The highest BCUT2D eigenvalue weighted by molar-refractivity contribution is 5.45. The highest BCUT2D eigenvalue weighted by Crippen LogP contribution is 2.11. The second kappa shape index (κ2) is 7.26. The van der Waals surface area contributed by atoms with E-state index < -0.39 is 0 Å². The van der Waals surface area contributed by atoms with Crippen molar-refractivity contribution in [2.45, 2.75) is 6.92 Å². The van der Waals surface area contributed by atoms with Crippen molar-refractivity contribution < 1.29 is 4.74 Å². The van der Waals surface area contributed by atoms with Gasteiger partial charge in [-0.15, -0.1) is 0 Å². The second-order valence-corrected chi connectivity index (χ2v) is 3.32. The van der Waals surface area contributed by atoms with Crippen LogP contribution in [0.25, 0.3) is 0 Å². The zero-order valence-electron chi connectivity index (χ0n) is 9.36. The van der Waals surface area contributed by atoms with Gasteiger partial charge in [0.1, 0.15) is 0 Å². The Hall–Kier alpha value is -1.06. The van der Waals surface area contributed by atoms with Crippen molar-refractivity contribution in [3.63, 3.8) is 0 Å².